The van der Waals surface area contributed by atoms with Gasteiger partial charge < -0.3 is 5.32 Å². The van der Waals surface area contributed by atoms with E-state index in [1.54, 1.807) is 6.92 Å². The summed E-state index contributed by atoms with van der Waals surface area (Å²) in [7, 11) is 0. The number of hydrogen-bond acceptors (Lipinski definition) is 2. The Hall–Kier alpha value is -1.61. The maximum atomic E-state index is 11.5. The van der Waals surface area contributed by atoms with E-state index >= 15 is 0 Å². The maximum absolute atomic E-state index is 11.5. The molecule has 0 aliphatic carbocycles. The summed E-state index contributed by atoms with van der Waals surface area (Å²) in [5, 5.41) is 3.30. The molecule has 0 saturated heterocycles. The summed E-state index contributed by atoms with van der Waals surface area (Å²) >= 11 is 3.44. The number of ketones is 1. The lowest BCUT2D eigenvalue weighted by atomic mass is 10.1. The van der Waals surface area contributed by atoms with E-state index in [9.17, 15) is 4.79 Å². The predicted molar refractivity (Wildman–Crippen MR) is 77.9 cm³/mol. The fourth-order valence-corrected chi connectivity index (χ4v) is 2.24. The summed E-state index contributed by atoms with van der Waals surface area (Å²) in [5.41, 5.74) is 2.78. The van der Waals surface area contributed by atoms with Gasteiger partial charge in [-0.05, 0) is 36.8 Å². The minimum absolute atomic E-state index is 0.0762. The van der Waals surface area contributed by atoms with Gasteiger partial charge in [0.15, 0.2) is 5.78 Å². The van der Waals surface area contributed by atoms with Crippen LogP contribution in [-0.2, 0) is 6.54 Å². The second-order valence-corrected chi connectivity index (χ2v) is 5.00. The number of benzene rings is 2. The lowest BCUT2D eigenvalue weighted by Gasteiger charge is -2.10. The summed E-state index contributed by atoms with van der Waals surface area (Å²) in [4.78, 5) is 11.5. The van der Waals surface area contributed by atoms with Crippen LogP contribution in [0, 0.1) is 0 Å². The molecule has 0 aromatic heterocycles. The first-order chi connectivity index (χ1) is 8.66. The molecule has 2 aromatic carbocycles. The minimum Gasteiger partial charge on any atom is -0.380 e. The van der Waals surface area contributed by atoms with Crippen LogP contribution in [0.4, 0.5) is 5.69 Å². The summed E-state index contributed by atoms with van der Waals surface area (Å²) in [6.07, 6.45) is 0. The van der Waals surface area contributed by atoms with Gasteiger partial charge in [0.1, 0.15) is 0 Å². The molecule has 2 aromatic rings. The smallest absolute Gasteiger partial charge is 0.161 e. The molecular formula is C15H14BrNO. The number of halogens is 1. The zero-order chi connectivity index (χ0) is 13.0. The molecule has 0 saturated carbocycles. The van der Waals surface area contributed by atoms with Gasteiger partial charge in [-0.3, -0.25) is 4.79 Å². The molecule has 0 amide bonds. The Morgan fingerprint density at radius 1 is 1.17 bits per heavy atom. The van der Waals surface area contributed by atoms with Crippen molar-refractivity contribution in [3.8, 4) is 0 Å². The molecule has 0 fully saturated rings. The van der Waals surface area contributed by atoms with Crippen molar-refractivity contribution in [3.63, 3.8) is 0 Å². The molecule has 0 aliphatic rings. The topological polar surface area (TPSA) is 29.1 Å². The fourth-order valence-electron chi connectivity index (χ4n) is 1.79. The van der Waals surface area contributed by atoms with Crippen molar-refractivity contribution in [2.45, 2.75) is 13.5 Å². The molecule has 0 atom stereocenters. The number of anilines is 1. The second-order valence-electron chi connectivity index (χ2n) is 4.09. The standard InChI is InChI=1S/C15H14BrNO/c1-11(18)14-7-2-3-8-15(14)17-10-12-5-4-6-13(16)9-12/h2-9,17H,10H2,1H3. The van der Waals surface area contributed by atoms with Gasteiger partial charge in [-0.2, -0.15) is 0 Å². The number of nitrogens with one attached hydrogen (secondary N) is 1. The molecular weight excluding hydrogens is 290 g/mol. The quantitative estimate of drug-likeness (QED) is 0.855. The highest BCUT2D eigenvalue weighted by Crippen LogP contribution is 2.18. The van der Waals surface area contributed by atoms with Gasteiger partial charge in [0.25, 0.3) is 0 Å². The number of rotatable bonds is 4. The Morgan fingerprint density at radius 2 is 1.94 bits per heavy atom. The first kappa shape index (κ1) is 12.8. The van der Waals surface area contributed by atoms with E-state index in [1.165, 1.54) is 5.56 Å². The van der Waals surface area contributed by atoms with Crippen molar-refractivity contribution in [2.75, 3.05) is 5.32 Å². The van der Waals surface area contributed by atoms with Gasteiger partial charge in [-0.15, -0.1) is 0 Å². The van der Waals surface area contributed by atoms with E-state index in [0.717, 1.165) is 15.7 Å². The molecule has 0 radical (unpaired) electrons. The number of carbonyl (C=O) groups is 1. The van der Waals surface area contributed by atoms with Crippen LogP contribution in [-0.4, -0.2) is 5.78 Å². The third-order valence-electron chi connectivity index (χ3n) is 2.68. The Bertz CT molecular complexity index is 566. The van der Waals surface area contributed by atoms with E-state index in [-0.39, 0.29) is 5.78 Å². The summed E-state index contributed by atoms with van der Waals surface area (Å²) in [6.45, 7) is 2.28. The first-order valence-electron chi connectivity index (χ1n) is 5.75. The molecule has 92 valence electrons. The first-order valence-corrected chi connectivity index (χ1v) is 6.54. The molecule has 0 heterocycles. The van der Waals surface area contributed by atoms with Gasteiger partial charge >= 0.3 is 0 Å². The van der Waals surface area contributed by atoms with E-state index in [0.29, 0.717) is 6.54 Å². The van der Waals surface area contributed by atoms with Crippen LogP contribution < -0.4 is 5.32 Å². The fraction of sp³-hybridized carbons (Fsp3) is 0.133. The monoisotopic (exact) mass is 303 g/mol. The molecule has 2 nitrogen and oxygen atoms in total. The van der Waals surface area contributed by atoms with Crippen LogP contribution >= 0.6 is 15.9 Å². The predicted octanol–water partition coefficient (Wildman–Crippen LogP) is 4.26. The Labute approximate surface area is 115 Å². The molecule has 2 rings (SSSR count). The zero-order valence-corrected chi connectivity index (χ0v) is 11.7. The van der Waals surface area contributed by atoms with Crippen LogP contribution in [0.15, 0.2) is 53.0 Å². The Kier molecular flexibility index (Phi) is 4.15. The molecule has 18 heavy (non-hydrogen) atoms. The van der Waals surface area contributed by atoms with E-state index in [2.05, 4.69) is 27.3 Å². The van der Waals surface area contributed by atoms with E-state index < -0.39 is 0 Å². The van der Waals surface area contributed by atoms with Crippen molar-refractivity contribution >= 4 is 27.4 Å². The van der Waals surface area contributed by atoms with Gasteiger partial charge in [-0.25, -0.2) is 0 Å². The van der Waals surface area contributed by atoms with Gasteiger partial charge in [0.2, 0.25) is 0 Å². The second kappa shape index (κ2) is 5.83. The van der Waals surface area contributed by atoms with Crippen molar-refractivity contribution in [3.05, 3.63) is 64.1 Å². The van der Waals surface area contributed by atoms with E-state index in [1.807, 2.05) is 42.5 Å². The Balaban J connectivity index is 2.13. The molecule has 0 spiro atoms. The van der Waals surface area contributed by atoms with Crippen molar-refractivity contribution in [1.29, 1.82) is 0 Å². The van der Waals surface area contributed by atoms with Crippen LogP contribution in [0.3, 0.4) is 0 Å². The largest absolute Gasteiger partial charge is 0.380 e. The summed E-state index contributed by atoms with van der Waals surface area (Å²) in [6, 6.07) is 15.7. The van der Waals surface area contributed by atoms with Gasteiger partial charge in [0.05, 0.1) is 0 Å². The van der Waals surface area contributed by atoms with Crippen molar-refractivity contribution in [1.82, 2.24) is 0 Å². The van der Waals surface area contributed by atoms with Crippen LogP contribution in [0.25, 0.3) is 0 Å². The number of para-hydroxylation sites is 1. The minimum atomic E-state index is 0.0762. The number of hydrogen-bond donors (Lipinski definition) is 1. The van der Waals surface area contributed by atoms with E-state index in [4.69, 9.17) is 0 Å². The normalized spacial score (nSPS) is 10.1. The Morgan fingerprint density at radius 3 is 2.67 bits per heavy atom. The molecule has 0 bridgehead atoms. The van der Waals surface area contributed by atoms with Crippen LogP contribution in [0.5, 0.6) is 0 Å². The molecule has 3 heteroatoms. The van der Waals surface area contributed by atoms with Crippen molar-refractivity contribution < 1.29 is 4.79 Å². The zero-order valence-electron chi connectivity index (χ0n) is 10.1. The SMILES string of the molecule is CC(=O)c1ccccc1NCc1cccc(Br)c1. The maximum Gasteiger partial charge on any atom is 0.161 e. The molecule has 0 unspecified atom stereocenters. The van der Waals surface area contributed by atoms with Crippen molar-refractivity contribution in [2.24, 2.45) is 0 Å². The highest BCUT2D eigenvalue weighted by molar-refractivity contribution is 9.10. The average Bonchev–Trinajstić information content (AvgIpc) is 2.37. The number of Topliss-reactive ketones (excluding diaryl/α,β-unsaturated/α-hetero) is 1. The van der Waals surface area contributed by atoms with Gasteiger partial charge in [-0.1, -0.05) is 40.2 Å². The lowest BCUT2D eigenvalue weighted by Crippen LogP contribution is -2.04. The highest BCUT2D eigenvalue weighted by atomic mass is 79.9. The van der Waals surface area contributed by atoms with Gasteiger partial charge in [0, 0.05) is 22.3 Å². The molecule has 1 N–H and O–H groups in total. The summed E-state index contributed by atoms with van der Waals surface area (Å²) in [5.74, 6) is 0.0762. The van der Waals surface area contributed by atoms with Crippen LogP contribution in [0.1, 0.15) is 22.8 Å². The average molecular weight is 304 g/mol. The highest BCUT2D eigenvalue weighted by Gasteiger charge is 2.05. The third-order valence-corrected chi connectivity index (χ3v) is 3.17. The summed E-state index contributed by atoms with van der Waals surface area (Å²) < 4.78 is 1.06. The number of carbonyl (C=O) groups excluding carboxylic acids is 1. The van der Waals surface area contributed by atoms with Crippen LogP contribution in [0.2, 0.25) is 0 Å². The third kappa shape index (κ3) is 3.20. The molecule has 0 aliphatic heterocycles. The lowest BCUT2D eigenvalue weighted by molar-refractivity contribution is 0.101.